The Kier molecular flexibility index (Phi) is 3.89. The third kappa shape index (κ3) is 2.78. The fourth-order valence-electron chi connectivity index (χ4n) is 1.20. The van der Waals surface area contributed by atoms with Crippen molar-refractivity contribution in [3.63, 3.8) is 0 Å². The summed E-state index contributed by atoms with van der Waals surface area (Å²) in [5.41, 5.74) is 6.94. The van der Waals surface area contributed by atoms with Gasteiger partial charge in [-0.15, -0.1) is 11.3 Å². The summed E-state index contributed by atoms with van der Waals surface area (Å²) in [4.78, 5) is 5.75. The molecule has 0 aliphatic carbocycles. The molecule has 5 heteroatoms. The van der Waals surface area contributed by atoms with Gasteiger partial charge in [-0.1, -0.05) is 43.0 Å². The highest BCUT2D eigenvalue weighted by Crippen LogP contribution is 2.37. The summed E-state index contributed by atoms with van der Waals surface area (Å²) in [6, 6.07) is 4.09. The molecule has 86 valence electrons. The molecule has 0 aliphatic heterocycles. The number of nitrogens with two attached hydrogens (primary N) is 1. The van der Waals surface area contributed by atoms with Gasteiger partial charge in [0.2, 0.25) is 0 Å². The molecule has 2 nitrogen and oxygen atoms in total. The minimum Gasteiger partial charge on any atom is -0.389 e. The highest BCUT2D eigenvalue weighted by molar-refractivity contribution is 8.01. The van der Waals surface area contributed by atoms with Crippen molar-refractivity contribution in [3.05, 3.63) is 17.5 Å². The predicted octanol–water partition coefficient (Wildman–Crippen LogP) is 4.20. The van der Waals surface area contributed by atoms with Gasteiger partial charge in [-0.2, -0.15) is 0 Å². The second kappa shape index (κ2) is 5.21. The Morgan fingerprint density at radius 2 is 2.31 bits per heavy atom. The average Bonchev–Trinajstić information content (AvgIpc) is 2.83. The molecule has 0 spiro atoms. The smallest absolute Gasteiger partial charge is 0.152 e. The van der Waals surface area contributed by atoms with E-state index in [4.69, 9.17) is 5.73 Å². The summed E-state index contributed by atoms with van der Waals surface area (Å²) in [6.07, 6.45) is 0. The molecule has 2 rings (SSSR count). The van der Waals surface area contributed by atoms with Crippen LogP contribution in [0.3, 0.4) is 0 Å². The molecule has 16 heavy (non-hydrogen) atoms. The van der Waals surface area contributed by atoms with Crippen molar-refractivity contribution in [3.8, 4) is 10.6 Å². The van der Waals surface area contributed by atoms with Gasteiger partial charge in [0, 0.05) is 5.75 Å². The van der Waals surface area contributed by atoms with Crippen LogP contribution in [-0.2, 0) is 0 Å². The monoisotopic (exact) mass is 270 g/mol. The van der Waals surface area contributed by atoms with E-state index in [9.17, 15) is 0 Å². The Balaban J connectivity index is 2.16. The topological polar surface area (TPSA) is 38.9 Å². The molecule has 0 saturated heterocycles. The molecule has 0 fully saturated rings. The number of aromatic nitrogens is 1. The van der Waals surface area contributed by atoms with Crippen LogP contribution in [0.15, 0.2) is 21.9 Å². The minimum absolute atomic E-state index is 0.681. The Labute approximate surface area is 108 Å². The van der Waals surface area contributed by atoms with E-state index in [0.717, 1.165) is 25.7 Å². The van der Waals surface area contributed by atoms with Crippen LogP contribution in [0.1, 0.15) is 13.8 Å². The van der Waals surface area contributed by atoms with Crippen LogP contribution in [0.4, 0.5) is 5.00 Å². The van der Waals surface area contributed by atoms with E-state index in [0.29, 0.717) is 5.92 Å². The lowest BCUT2D eigenvalue weighted by atomic mass is 10.3. The first kappa shape index (κ1) is 12.0. The minimum atomic E-state index is 0.681. The van der Waals surface area contributed by atoms with Gasteiger partial charge in [-0.25, -0.2) is 4.98 Å². The zero-order chi connectivity index (χ0) is 11.5. The lowest BCUT2D eigenvalue weighted by Crippen LogP contribution is -1.89. The van der Waals surface area contributed by atoms with Crippen molar-refractivity contribution in [2.75, 3.05) is 11.5 Å². The van der Waals surface area contributed by atoms with Crippen molar-refractivity contribution < 1.29 is 0 Å². The molecular formula is C11H14N2S3. The van der Waals surface area contributed by atoms with Crippen LogP contribution in [0.5, 0.6) is 0 Å². The second-order valence-corrected chi connectivity index (χ2v) is 7.12. The normalized spacial score (nSPS) is 11.2. The van der Waals surface area contributed by atoms with Crippen molar-refractivity contribution in [2.24, 2.45) is 5.92 Å². The van der Waals surface area contributed by atoms with Crippen molar-refractivity contribution in [1.29, 1.82) is 0 Å². The molecule has 2 N–H and O–H groups in total. The standard InChI is InChI=1S/C11H14N2S3/c1-7(2)6-15-11-13-9(10(12)16-11)8-4-3-5-14-8/h3-5,7H,6,12H2,1-2H3. The summed E-state index contributed by atoms with van der Waals surface area (Å²) < 4.78 is 1.08. The summed E-state index contributed by atoms with van der Waals surface area (Å²) in [7, 11) is 0. The van der Waals surface area contributed by atoms with Gasteiger partial charge < -0.3 is 5.73 Å². The Morgan fingerprint density at radius 3 is 2.94 bits per heavy atom. The molecule has 0 atom stereocenters. The Bertz CT molecular complexity index is 446. The van der Waals surface area contributed by atoms with Gasteiger partial charge >= 0.3 is 0 Å². The number of hydrogen-bond donors (Lipinski definition) is 1. The maximum atomic E-state index is 5.99. The molecule has 2 heterocycles. The lowest BCUT2D eigenvalue weighted by Gasteiger charge is -1.99. The molecular weight excluding hydrogens is 256 g/mol. The van der Waals surface area contributed by atoms with E-state index >= 15 is 0 Å². The maximum Gasteiger partial charge on any atom is 0.152 e. The van der Waals surface area contributed by atoms with E-state index in [1.54, 1.807) is 34.4 Å². The van der Waals surface area contributed by atoms with Crippen LogP contribution in [-0.4, -0.2) is 10.7 Å². The van der Waals surface area contributed by atoms with Crippen LogP contribution >= 0.6 is 34.4 Å². The first-order valence-corrected chi connectivity index (χ1v) is 7.78. The van der Waals surface area contributed by atoms with Gasteiger partial charge in [-0.3, -0.25) is 0 Å². The highest BCUT2D eigenvalue weighted by Gasteiger charge is 2.11. The second-order valence-electron chi connectivity index (χ2n) is 3.87. The zero-order valence-electron chi connectivity index (χ0n) is 9.27. The number of thiophene rings is 1. The first-order valence-electron chi connectivity index (χ1n) is 5.10. The fourth-order valence-corrected chi connectivity index (χ4v) is 3.91. The first-order chi connectivity index (χ1) is 7.66. The quantitative estimate of drug-likeness (QED) is 0.846. The molecule has 0 aromatic carbocycles. The van der Waals surface area contributed by atoms with Gasteiger partial charge in [0.1, 0.15) is 10.7 Å². The summed E-state index contributed by atoms with van der Waals surface area (Å²) in [6.45, 7) is 4.42. The summed E-state index contributed by atoms with van der Waals surface area (Å²) in [5.74, 6) is 1.77. The van der Waals surface area contributed by atoms with E-state index < -0.39 is 0 Å². The van der Waals surface area contributed by atoms with Crippen LogP contribution in [0.2, 0.25) is 0 Å². The number of nitrogen functional groups attached to an aromatic ring is 1. The molecule has 0 unspecified atom stereocenters. The maximum absolute atomic E-state index is 5.99. The molecule has 0 aliphatic rings. The summed E-state index contributed by atoms with van der Waals surface area (Å²) >= 11 is 5.07. The zero-order valence-corrected chi connectivity index (χ0v) is 11.7. The molecule has 2 aromatic rings. The fraction of sp³-hybridized carbons (Fsp3) is 0.364. The van der Waals surface area contributed by atoms with E-state index in [1.807, 2.05) is 6.07 Å². The highest BCUT2D eigenvalue weighted by atomic mass is 32.2. The molecule has 0 radical (unpaired) electrons. The number of anilines is 1. The van der Waals surface area contributed by atoms with Gasteiger partial charge in [0.05, 0.1) is 4.88 Å². The lowest BCUT2D eigenvalue weighted by molar-refractivity contribution is 0.750. The van der Waals surface area contributed by atoms with Crippen molar-refractivity contribution in [1.82, 2.24) is 4.98 Å². The SMILES string of the molecule is CC(C)CSc1nc(-c2cccs2)c(N)s1. The largest absolute Gasteiger partial charge is 0.389 e. The third-order valence-corrected chi connectivity index (χ3v) is 5.26. The third-order valence-electron chi connectivity index (χ3n) is 1.93. The van der Waals surface area contributed by atoms with Crippen molar-refractivity contribution >= 4 is 39.4 Å². The number of hydrogen-bond acceptors (Lipinski definition) is 5. The van der Waals surface area contributed by atoms with Crippen LogP contribution < -0.4 is 5.73 Å². The Hall–Kier alpha value is -0.520. The van der Waals surface area contributed by atoms with E-state index in [1.165, 1.54) is 0 Å². The average molecular weight is 270 g/mol. The van der Waals surface area contributed by atoms with Gasteiger partial charge in [-0.05, 0) is 17.4 Å². The van der Waals surface area contributed by atoms with E-state index in [-0.39, 0.29) is 0 Å². The van der Waals surface area contributed by atoms with Gasteiger partial charge in [0.25, 0.3) is 0 Å². The summed E-state index contributed by atoms with van der Waals surface area (Å²) in [5, 5.41) is 2.88. The molecule has 0 bridgehead atoms. The van der Waals surface area contributed by atoms with Crippen LogP contribution in [0.25, 0.3) is 10.6 Å². The molecule has 2 aromatic heterocycles. The number of nitrogens with zero attached hydrogens (tertiary/aromatic N) is 1. The predicted molar refractivity (Wildman–Crippen MR) is 75.4 cm³/mol. The van der Waals surface area contributed by atoms with Crippen molar-refractivity contribution in [2.45, 2.75) is 18.2 Å². The molecule has 0 saturated carbocycles. The Morgan fingerprint density at radius 1 is 1.50 bits per heavy atom. The number of rotatable bonds is 4. The number of thiazole rings is 1. The molecule has 0 amide bonds. The van der Waals surface area contributed by atoms with E-state index in [2.05, 4.69) is 30.3 Å². The van der Waals surface area contributed by atoms with Gasteiger partial charge in [0.15, 0.2) is 4.34 Å². The number of thioether (sulfide) groups is 1. The van der Waals surface area contributed by atoms with Crippen LogP contribution in [0, 0.1) is 5.92 Å².